The molecule has 10 heteroatoms. The zero-order valence-electron chi connectivity index (χ0n) is 17.2. The minimum absolute atomic E-state index is 0.0415. The average Bonchev–Trinajstić information content (AvgIpc) is 2.84. The van der Waals surface area contributed by atoms with Gasteiger partial charge in [0.25, 0.3) is 10.0 Å². The van der Waals surface area contributed by atoms with Crippen LogP contribution in [0.1, 0.15) is 33.3 Å². The molecule has 0 spiro atoms. The lowest BCUT2D eigenvalue weighted by atomic mass is 9.76. The number of aromatic nitrogens is 1. The van der Waals surface area contributed by atoms with Crippen LogP contribution < -0.4 is 14.9 Å². The van der Waals surface area contributed by atoms with Gasteiger partial charge in [0.15, 0.2) is 4.90 Å². The fourth-order valence-electron chi connectivity index (χ4n) is 2.89. The number of nitrogens with zero attached hydrogens (tertiary/aromatic N) is 1. The van der Waals surface area contributed by atoms with Crippen LogP contribution in [0, 0.1) is 6.92 Å². The van der Waals surface area contributed by atoms with Crippen LogP contribution >= 0.6 is 11.6 Å². The molecule has 3 rings (SSSR count). The molecular weight excluding hydrogens is 415 g/mol. The third-order valence-electron chi connectivity index (χ3n) is 5.31. The van der Waals surface area contributed by atoms with E-state index in [4.69, 9.17) is 25.6 Å². The molecular formula is C19H24BClN2O5S. The van der Waals surface area contributed by atoms with E-state index >= 15 is 0 Å². The average molecular weight is 439 g/mol. The molecule has 1 fully saturated rings. The largest absolute Gasteiger partial charge is 0.495 e. The van der Waals surface area contributed by atoms with Crippen molar-refractivity contribution in [3.05, 3.63) is 41.0 Å². The Balaban J connectivity index is 1.94. The van der Waals surface area contributed by atoms with Crippen LogP contribution in [0.4, 0.5) is 5.69 Å². The predicted octanol–water partition coefficient (Wildman–Crippen LogP) is 3.15. The summed E-state index contributed by atoms with van der Waals surface area (Å²) in [5, 5.41) is 0.188. The molecule has 2 aromatic rings. The van der Waals surface area contributed by atoms with Crippen LogP contribution in [0.25, 0.3) is 0 Å². The summed E-state index contributed by atoms with van der Waals surface area (Å²) in [5.74, 6) is -0.0415. The molecule has 1 N–H and O–H groups in total. The Hall–Kier alpha value is -1.81. The highest BCUT2D eigenvalue weighted by Crippen LogP contribution is 2.37. The molecule has 1 saturated heterocycles. The molecule has 1 aromatic heterocycles. The highest BCUT2D eigenvalue weighted by atomic mass is 35.5. The van der Waals surface area contributed by atoms with Crippen molar-refractivity contribution in [2.24, 2.45) is 0 Å². The number of nitrogens with one attached hydrogen (secondary N) is 1. The number of hydrogen-bond donors (Lipinski definition) is 1. The van der Waals surface area contributed by atoms with E-state index in [-0.39, 0.29) is 15.8 Å². The lowest BCUT2D eigenvalue weighted by Crippen LogP contribution is -2.41. The van der Waals surface area contributed by atoms with Crippen molar-refractivity contribution in [1.29, 1.82) is 0 Å². The minimum atomic E-state index is -3.98. The molecule has 2 heterocycles. The first-order valence-corrected chi connectivity index (χ1v) is 10.9. The minimum Gasteiger partial charge on any atom is -0.480 e. The number of methoxy groups -OCH3 is 1. The number of ether oxygens (including phenoxy) is 1. The van der Waals surface area contributed by atoms with Crippen LogP contribution in [-0.4, -0.2) is 38.8 Å². The molecule has 1 aromatic carbocycles. The summed E-state index contributed by atoms with van der Waals surface area (Å²) >= 11 is 5.93. The molecule has 7 nitrogen and oxygen atoms in total. The molecule has 0 saturated carbocycles. The van der Waals surface area contributed by atoms with Gasteiger partial charge in [-0.25, -0.2) is 13.4 Å². The summed E-state index contributed by atoms with van der Waals surface area (Å²) < 4.78 is 45.6. The van der Waals surface area contributed by atoms with Gasteiger partial charge in [-0.3, -0.25) is 4.72 Å². The zero-order valence-corrected chi connectivity index (χ0v) is 18.8. The van der Waals surface area contributed by atoms with E-state index in [9.17, 15) is 8.42 Å². The van der Waals surface area contributed by atoms with Gasteiger partial charge < -0.3 is 14.0 Å². The Labute approximate surface area is 176 Å². The van der Waals surface area contributed by atoms with Gasteiger partial charge in [-0.15, -0.1) is 0 Å². The van der Waals surface area contributed by atoms with Gasteiger partial charge in [-0.1, -0.05) is 23.2 Å². The van der Waals surface area contributed by atoms with Crippen LogP contribution in [0.3, 0.4) is 0 Å². The normalized spacial score (nSPS) is 18.0. The lowest BCUT2D eigenvalue weighted by molar-refractivity contribution is 0.00578. The SMILES string of the molecule is COc1ncc(Cl)cc1S(=O)(=O)Nc1ccc(C)c(B2OC(C)(C)C(C)(C)O2)c1. The Bertz CT molecular complexity index is 1030. The smallest absolute Gasteiger partial charge is 0.480 e. The number of sulfonamides is 1. The number of anilines is 1. The summed E-state index contributed by atoms with van der Waals surface area (Å²) in [7, 11) is -3.24. The summed E-state index contributed by atoms with van der Waals surface area (Å²) in [5.41, 5.74) is 1.04. The third-order valence-corrected chi connectivity index (χ3v) is 6.89. The zero-order chi connectivity index (χ0) is 21.6. The standard InChI is InChI=1S/C19H24BClN2O5S/c1-12-7-8-14(10-15(12)20-27-18(2,3)19(4,5)28-20)23-29(24,25)16-9-13(21)11-22-17(16)26-6/h7-11,23H,1-6H3. The van der Waals surface area contributed by atoms with Gasteiger partial charge in [0.2, 0.25) is 5.88 Å². The molecule has 0 radical (unpaired) electrons. The van der Waals surface area contributed by atoms with Crippen molar-refractivity contribution >= 4 is 39.9 Å². The van der Waals surface area contributed by atoms with E-state index in [0.717, 1.165) is 11.0 Å². The van der Waals surface area contributed by atoms with Crippen molar-refractivity contribution in [2.45, 2.75) is 50.7 Å². The molecule has 0 unspecified atom stereocenters. The summed E-state index contributed by atoms with van der Waals surface area (Å²) in [6.45, 7) is 9.78. The van der Waals surface area contributed by atoms with Crippen LogP contribution in [-0.2, 0) is 19.3 Å². The van der Waals surface area contributed by atoms with Crippen LogP contribution in [0.2, 0.25) is 5.02 Å². The van der Waals surface area contributed by atoms with Crippen molar-refractivity contribution in [3.8, 4) is 5.88 Å². The summed E-state index contributed by atoms with van der Waals surface area (Å²) in [6.07, 6.45) is 1.32. The number of benzene rings is 1. The van der Waals surface area contributed by atoms with Crippen LogP contribution in [0.5, 0.6) is 5.88 Å². The van der Waals surface area contributed by atoms with E-state index in [1.807, 2.05) is 40.7 Å². The number of aryl methyl sites for hydroxylation is 1. The van der Waals surface area contributed by atoms with Gasteiger partial charge in [-0.05, 0) is 58.3 Å². The Morgan fingerprint density at radius 3 is 2.34 bits per heavy atom. The van der Waals surface area contributed by atoms with Crippen molar-refractivity contribution in [3.63, 3.8) is 0 Å². The molecule has 156 valence electrons. The van der Waals surface area contributed by atoms with Crippen molar-refractivity contribution in [1.82, 2.24) is 4.98 Å². The first kappa shape index (κ1) is 21.9. The topological polar surface area (TPSA) is 86.8 Å². The predicted molar refractivity (Wildman–Crippen MR) is 114 cm³/mol. The Morgan fingerprint density at radius 2 is 1.76 bits per heavy atom. The third kappa shape index (κ3) is 4.23. The molecule has 0 aliphatic carbocycles. The molecule has 0 bridgehead atoms. The van der Waals surface area contributed by atoms with Crippen LogP contribution in [0.15, 0.2) is 35.4 Å². The van der Waals surface area contributed by atoms with E-state index in [2.05, 4.69) is 9.71 Å². The molecule has 1 aliphatic heterocycles. The van der Waals surface area contributed by atoms with E-state index in [1.165, 1.54) is 19.4 Å². The Kier molecular flexibility index (Phi) is 5.64. The fourth-order valence-corrected chi connectivity index (χ4v) is 4.31. The maximum atomic E-state index is 12.9. The van der Waals surface area contributed by atoms with Crippen molar-refractivity contribution < 1.29 is 22.5 Å². The summed E-state index contributed by atoms with van der Waals surface area (Å²) in [4.78, 5) is 3.77. The lowest BCUT2D eigenvalue weighted by Gasteiger charge is -2.32. The monoisotopic (exact) mass is 438 g/mol. The second-order valence-corrected chi connectivity index (χ2v) is 10.0. The molecule has 1 aliphatic rings. The van der Waals surface area contributed by atoms with Gasteiger partial charge in [0, 0.05) is 11.9 Å². The fraction of sp³-hybridized carbons (Fsp3) is 0.421. The number of rotatable bonds is 5. The van der Waals surface area contributed by atoms with Gasteiger partial charge in [-0.2, -0.15) is 0 Å². The first-order valence-electron chi connectivity index (χ1n) is 9.05. The Morgan fingerprint density at radius 1 is 1.14 bits per heavy atom. The second-order valence-electron chi connectivity index (χ2n) is 7.93. The van der Waals surface area contributed by atoms with Gasteiger partial charge in [0.1, 0.15) is 0 Å². The molecule has 0 amide bonds. The molecule has 0 atom stereocenters. The maximum Gasteiger partial charge on any atom is 0.495 e. The second kappa shape index (κ2) is 7.47. The van der Waals surface area contributed by atoms with Gasteiger partial charge in [0.05, 0.1) is 23.3 Å². The first-order chi connectivity index (χ1) is 13.4. The van der Waals surface area contributed by atoms with Crippen molar-refractivity contribution in [2.75, 3.05) is 11.8 Å². The number of pyridine rings is 1. The van der Waals surface area contributed by atoms with E-state index in [1.54, 1.807) is 12.1 Å². The van der Waals surface area contributed by atoms with E-state index < -0.39 is 28.3 Å². The number of halogens is 1. The quantitative estimate of drug-likeness (QED) is 0.722. The van der Waals surface area contributed by atoms with E-state index in [0.29, 0.717) is 5.69 Å². The number of hydrogen-bond acceptors (Lipinski definition) is 6. The highest BCUT2D eigenvalue weighted by Gasteiger charge is 2.52. The summed E-state index contributed by atoms with van der Waals surface area (Å²) in [6, 6.07) is 6.48. The maximum absolute atomic E-state index is 12.9. The molecule has 29 heavy (non-hydrogen) atoms. The highest BCUT2D eigenvalue weighted by molar-refractivity contribution is 7.92. The van der Waals surface area contributed by atoms with Gasteiger partial charge >= 0.3 is 7.12 Å².